The number of hydrogen-bond donors (Lipinski definition) is 0. The second kappa shape index (κ2) is 54.7. The van der Waals surface area contributed by atoms with Gasteiger partial charge in [0.2, 0.25) is 0 Å². The average Bonchev–Trinajstić information content (AvgIpc) is 3.33. The zero-order chi connectivity index (χ0) is 48.6. The molecule has 0 heterocycles. The van der Waals surface area contributed by atoms with Gasteiger partial charge in [-0.15, -0.1) is 0 Å². The van der Waals surface area contributed by atoms with Gasteiger partial charge in [-0.2, -0.15) is 0 Å². The van der Waals surface area contributed by atoms with Crippen molar-refractivity contribution in [3.8, 4) is 0 Å². The van der Waals surface area contributed by atoms with Crippen molar-refractivity contribution < 1.29 is 28.6 Å². The van der Waals surface area contributed by atoms with E-state index in [4.69, 9.17) is 14.2 Å². The van der Waals surface area contributed by atoms with Crippen LogP contribution in [0.4, 0.5) is 0 Å². The highest BCUT2D eigenvalue weighted by atomic mass is 16.6. The number of unbranched alkanes of at least 4 members (excludes halogenated alkanes) is 19. The van der Waals surface area contributed by atoms with Crippen molar-refractivity contribution in [1.29, 1.82) is 0 Å². The van der Waals surface area contributed by atoms with E-state index in [1.165, 1.54) is 38.5 Å². The molecule has 0 N–H and O–H groups in total. The molecule has 380 valence electrons. The summed E-state index contributed by atoms with van der Waals surface area (Å²) in [5.41, 5.74) is 0. The third kappa shape index (κ3) is 52.9. The van der Waals surface area contributed by atoms with Crippen molar-refractivity contribution in [2.24, 2.45) is 0 Å². The Balaban J connectivity index is 4.47. The molecule has 0 radical (unpaired) electrons. The first-order valence-corrected chi connectivity index (χ1v) is 27.4. The van der Waals surface area contributed by atoms with E-state index < -0.39 is 6.10 Å². The predicted octanol–water partition coefficient (Wildman–Crippen LogP) is 18.3. The van der Waals surface area contributed by atoms with Gasteiger partial charge >= 0.3 is 17.9 Å². The van der Waals surface area contributed by atoms with Gasteiger partial charge in [0.25, 0.3) is 0 Å². The molecular weight excluding hydrogens is 829 g/mol. The van der Waals surface area contributed by atoms with E-state index in [1.54, 1.807) is 0 Å². The van der Waals surface area contributed by atoms with Crippen LogP contribution in [0.1, 0.15) is 239 Å². The molecule has 6 nitrogen and oxygen atoms in total. The normalized spacial score (nSPS) is 12.9. The van der Waals surface area contributed by atoms with Crippen LogP contribution in [0.3, 0.4) is 0 Å². The van der Waals surface area contributed by atoms with E-state index in [1.807, 2.05) is 0 Å². The summed E-state index contributed by atoms with van der Waals surface area (Å²) in [7, 11) is 0. The molecule has 1 unspecified atom stereocenters. The van der Waals surface area contributed by atoms with Crippen LogP contribution in [-0.2, 0) is 28.6 Å². The second-order valence-electron chi connectivity index (χ2n) is 17.7. The summed E-state index contributed by atoms with van der Waals surface area (Å²) >= 11 is 0. The molecule has 0 aromatic heterocycles. The van der Waals surface area contributed by atoms with Crippen LogP contribution in [0.15, 0.2) is 109 Å². The van der Waals surface area contributed by atoms with Crippen molar-refractivity contribution in [3.05, 3.63) is 109 Å². The second-order valence-corrected chi connectivity index (χ2v) is 17.7. The lowest BCUT2D eigenvalue weighted by atomic mass is 10.1. The Morgan fingerprint density at radius 1 is 0.313 bits per heavy atom. The van der Waals surface area contributed by atoms with E-state index in [9.17, 15) is 14.4 Å². The Kier molecular flexibility index (Phi) is 51.5. The minimum Gasteiger partial charge on any atom is -0.462 e. The zero-order valence-electron chi connectivity index (χ0n) is 43.4. The Morgan fingerprint density at radius 2 is 0.582 bits per heavy atom. The molecule has 0 aromatic carbocycles. The molecule has 67 heavy (non-hydrogen) atoms. The van der Waals surface area contributed by atoms with E-state index in [2.05, 4.69) is 130 Å². The number of allylic oxidation sites excluding steroid dienone is 18. The fourth-order valence-corrected chi connectivity index (χ4v) is 7.18. The standard InChI is InChI=1S/C61H100O6/c1-4-7-10-13-16-19-22-25-28-29-30-31-34-36-39-42-45-48-51-54-60(63)66-57-58(67-61(64)55-52-49-46-43-40-37-33-27-24-21-18-15-12-9-6-3)56-65-59(62)53-50-47-44-41-38-35-32-26-23-20-17-14-11-8-5-2/h7,9-10,12,16-21,25-28,30-33,58H,4-6,8,11,13-15,22-24,29,34-57H2,1-3H3/b10-7-,12-9-,19-16-,20-17-,21-18-,28-25-,31-30-,32-26-,33-27-. The number of carbonyl (C=O) groups is 3. The number of carbonyl (C=O) groups excluding carboxylic acids is 3. The first kappa shape index (κ1) is 63.1. The van der Waals surface area contributed by atoms with Crippen LogP contribution in [0.2, 0.25) is 0 Å². The highest BCUT2D eigenvalue weighted by Gasteiger charge is 2.19. The first-order valence-electron chi connectivity index (χ1n) is 27.4. The molecule has 0 saturated carbocycles. The highest BCUT2D eigenvalue weighted by molar-refractivity contribution is 5.71. The number of esters is 3. The van der Waals surface area contributed by atoms with Gasteiger partial charge in [-0.1, -0.05) is 207 Å². The summed E-state index contributed by atoms with van der Waals surface area (Å²) in [5.74, 6) is -0.945. The molecule has 1 atom stereocenters. The van der Waals surface area contributed by atoms with Gasteiger partial charge in [-0.3, -0.25) is 14.4 Å². The summed E-state index contributed by atoms with van der Waals surface area (Å²) in [6.45, 7) is 6.34. The van der Waals surface area contributed by atoms with E-state index >= 15 is 0 Å². The number of hydrogen-bond acceptors (Lipinski definition) is 6. The van der Waals surface area contributed by atoms with Gasteiger partial charge in [0, 0.05) is 19.3 Å². The Hall–Kier alpha value is -3.93. The smallest absolute Gasteiger partial charge is 0.306 e. The van der Waals surface area contributed by atoms with Gasteiger partial charge in [-0.05, 0) is 122 Å². The van der Waals surface area contributed by atoms with Crippen LogP contribution in [0, 0.1) is 0 Å². The molecule has 0 aliphatic rings. The average molecular weight is 929 g/mol. The predicted molar refractivity (Wildman–Crippen MR) is 288 cm³/mol. The zero-order valence-corrected chi connectivity index (χ0v) is 43.4. The molecule has 0 fully saturated rings. The lowest BCUT2D eigenvalue weighted by molar-refractivity contribution is -0.167. The molecule has 0 aliphatic heterocycles. The SMILES string of the molecule is CC/C=C\C/C=C\C/C=C\C/C=C\CCCCCCCCC(=O)OCC(COC(=O)CCCCCCC/C=C\C/C=C\CCCCC)OC(=O)CCCCCCC/C=C\C/C=C\C/C=C\CC. The molecule has 0 bridgehead atoms. The number of rotatable bonds is 48. The summed E-state index contributed by atoms with van der Waals surface area (Å²) in [6.07, 6.45) is 73.5. The first-order chi connectivity index (χ1) is 33.0. The van der Waals surface area contributed by atoms with E-state index in [0.717, 1.165) is 161 Å². The topological polar surface area (TPSA) is 78.9 Å². The lowest BCUT2D eigenvalue weighted by Gasteiger charge is -2.18. The Labute approximate surface area is 412 Å². The lowest BCUT2D eigenvalue weighted by Crippen LogP contribution is -2.30. The van der Waals surface area contributed by atoms with Crippen molar-refractivity contribution in [2.45, 2.75) is 245 Å². The van der Waals surface area contributed by atoms with E-state index in [0.29, 0.717) is 19.3 Å². The molecule has 0 spiro atoms. The van der Waals surface area contributed by atoms with Crippen LogP contribution in [0.5, 0.6) is 0 Å². The van der Waals surface area contributed by atoms with Crippen molar-refractivity contribution in [3.63, 3.8) is 0 Å². The van der Waals surface area contributed by atoms with Gasteiger partial charge in [0.05, 0.1) is 0 Å². The molecule has 0 aromatic rings. The largest absolute Gasteiger partial charge is 0.462 e. The van der Waals surface area contributed by atoms with Gasteiger partial charge < -0.3 is 14.2 Å². The van der Waals surface area contributed by atoms with Gasteiger partial charge in [0.1, 0.15) is 13.2 Å². The maximum atomic E-state index is 12.8. The van der Waals surface area contributed by atoms with Crippen LogP contribution in [0.25, 0.3) is 0 Å². The molecule has 0 saturated heterocycles. The van der Waals surface area contributed by atoms with Crippen LogP contribution >= 0.6 is 0 Å². The minimum absolute atomic E-state index is 0.0990. The third-order valence-electron chi connectivity index (χ3n) is 11.2. The van der Waals surface area contributed by atoms with Crippen LogP contribution in [-0.4, -0.2) is 37.2 Å². The quantitative estimate of drug-likeness (QED) is 0.0262. The molecular formula is C61H100O6. The minimum atomic E-state index is -0.801. The Bertz CT molecular complexity index is 1390. The molecule has 0 aliphatic carbocycles. The summed E-state index contributed by atoms with van der Waals surface area (Å²) < 4.78 is 16.8. The van der Waals surface area contributed by atoms with Crippen molar-refractivity contribution in [2.75, 3.05) is 13.2 Å². The summed E-state index contributed by atoms with van der Waals surface area (Å²) in [4.78, 5) is 38.1. The Morgan fingerprint density at radius 3 is 0.910 bits per heavy atom. The van der Waals surface area contributed by atoms with Crippen LogP contribution < -0.4 is 0 Å². The van der Waals surface area contributed by atoms with Gasteiger partial charge in [-0.25, -0.2) is 0 Å². The fraction of sp³-hybridized carbons (Fsp3) is 0.656. The van der Waals surface area contributed by atoms with Gasteiger partial charge in [0.15, 0.2) is 6.10 Å². The molecule has 6 heteroatoms. The van der Waals surface area contributed by atoms with E-state index in [-0.39, 0.29) is 31.1 Å². The number of ether oxygens (including phenoxy) is 3. The maximum Gasteiger partial charge on any atom is 0.306 e. The van der Waals surface area contributed by atoms with Crippen molar-refractivity contribution >= 4 is 17.9 Å². The highest BCUT2D eigenvalue weighted by Crippen LogP contribution is 2.13. The molecule has 0 amide bonds. The fourth-order valence-electron chi connectivity index (χ4n) is 7.18. The third-order valence-corrected chi connectivity index (χ3v) is 11.2. The summed E-state index contributed by atoms with van der Waals surface area (Å²) in [5, 5.41) is 0. The van der Waals surface area contributed by atoms with Crippen molar-refractivity contribution in [1.82, 2.24) is 0 Å². The monoisotopic (exact) mass is 929 g/mol. The maximum absolute atomic E-state index is 12.8. The molecule has 0 rings (SSSR count). The summed E-state index contributed by atoms with van der Waals surface area (Å²) in [6, 6.07) is 0.